The minimum Gasteiger partial charge on any atom is -0.396 e. The van der Waals surface area contributed by atoms with Crippen LogP contribution in [0.1, 0.15) is 32.7 Å². The molecule has 0 aliphatic carbocycles. The van der Waals surface area contributed by atoms with Gasteiger partial charge in [0.05, 0.1) is 16.6 Å². The summed E-state index contributed by atoms with van der Waals surface area (Å²) < 4.78 is 2.03. The number of fused-ring (bicyclic) bond motifs is 5. The summed E-state index contributed by atoms with van der Waals surface area (Å²) in [6.45, 7) is 0.104. The molecule has 0 saturated carbocycles. The van der Waals surface area contributed by atoms with E-state index in [1.165, 1.54) is 0 Å². The number of aliphatic hydroxyl groups is 1. The molecule has 6 heteroatoms. The molecule has 1 aliphatic rings. The summed E-state index contributed by atoms with van der Waals surface area (Å²) in [6, 6.07) is 15.2. The van der Waals surface area contributed by atoms with Crippen molar-refractivity contribution >= 4 is 51.3 Å². The number of hydrogen-bond acceptors (Lipinski definition) is 3. The molecular weight excluding hydrogens is 412 g/mol. The largest absolute Gasteiger partial charge is 0.396 e. The molecule has 0 unspecified atom stereocenters. The first-order chi connectivity index (χ1) is 15.0. The summed E-state index contributed by atoms with van der Waals surface area (Å²) in [4.78, 5) is 25.6. The van der Waals surface area contributed by atoms with Gasteiger partial charge in [-0.3, -0.25) is 14.9 Å². The smallest absolute Gasteiger partial charge is 0.259 e. The zero-order valence-electron chi connectivity index (χ0n) is 16.8. The summed E-state index contributed by atoms with van der Waals surface area (Å²) in [7, 11) is 1.95. The van der Waals surface area contributed by atoms with Crippen LogP contribution in [0.3, 0.4) is 0 Å². The monoisotopic (exact) mass is 430 g/mol. The number of hydrogen-bond donors (Lipinski definition) is 2. The van der Waals surface area contributed by atoms with E-state index in [0.717, 1.165) is 27.4 Å². The quantitative estimate of drug-likeness (QED) is 0.451. The van der Waals surface area contributed by atoms with Gasteiger partial charge >= 0.3 is 0 Å². The molecule has 154 valence electrons. The third kappa shape index (κ3) is 2.97. The highest BCUT2D eigenvalue weighted by Crippen LogP contribution is 2.41. The van der Waals surface area contributed by atoms with E-state index in [0.29, 0.717) is 33.7 Å². The Morgan fingerprint density at radius 2 is 1.77 bits per heavy atom. The standard InChI is InChI=1S/C25H19ClN2O3/c1-28-19-12-14(6-4-5-11-29)9-10-16(19)21-20(28)13-17(15-7-2-3-8-18(15)26)22-23(21)25(31)27-24(22)30/h2-4,6-10,12-13,29H,5,11H2,1H3,(H,27,30,31). The topological polar surface area (TPSA) is 71.3 Å². The summed E-state index contributed by atoms with van der Waals surface area (Å²) in [6.07, 6.45) is 4.47. The molecule has 2 N–H and O–H groups in total. The van der Waals surface area contributed by atoms with E-state index in [4.69, 9.17) is 16.7 Å². The number of amides is 2. The maximum Gasteiger partial charge on any atom is 0.259 e. The van der Waals surface area contributed by atoms with Crippen molar-refractivity contribution in [1.29, 1.82) is 0 Å². The number of nitrogens with one attached hydrogen (secondary N) is 1. The van der Waals surface area contributed by atoms with Gasteiger partial charge in [0.1, 0.15) is 0 Å². The number of aromatic nitrogens is 1. The Bertz CT molecular complexity index is 1430. The number of rotatable bonds is 4. The van der Waals surface area contributed by atoms with Gasteiger partial charge in [-0.2, -0.15) is 0 Å². The Morgan fingerprint density at radius 1 is 1.00 bits per heavy atom. The van der Waals surface area contributed by atoms with Crippen molar-refractivity contribution < 1.29 is 14.7 Å². The lowest BCUT2D eigenvalue weighted by Crippen LogP contribution is -2.20. The van der Waals surface area contributed by atoms with E-state index >= 15 is 0 Å². The summed E-state index contributed by atoms with van der Waals surface area (Å²) in [5, 5.41) is 13.6. The van der Waals surface area contributed by atoms with E-state index in [-0.39, 0.29) is 6.61 Å². The fourth-order valence-corrected chi connectivity index (χ4v) is 4.59. The SMILES string of the molecule is Cn1c2cc(C=CCCO)ccc2c2c3c(c(-c4ccccc4Cl)cc21)C(=O)NC3=O. The highest BCUT2D eigenvalue weighted by Gasteiger charge is 2.34. The lowest BCUT2D eigenvalue weighted by Gasteiger charge is -2.10. The molecule has 0 radical (unpaired) electrons. The predicted octanol–water partition coefficient (Wildman–Crippen LogP) is 4.93. The molecule has 0 spiro atoms. The summed E-state index contributed by atoms with van der Waals surface area (Å²) in [5.74, 6) is -0.796. The zero-order chi connectivity index (χ0) is 21.7. The Balaban J connectivity index is 1.86. The van der Waals surface area contributed by atoms with Crippen molar-refractivity contribution in [2.75, 3.05) is 6.61 Å². The Labute approximate surface area is 183 Å². The summed E-state index contributed by atoms with van der Waals surface area (Å²) in [5.41, 5.74) is 4.92. The van der Waals surface area contributed by atoms with Crippen LogP contribution in [0.5, 0.6) is 0 Å². The second kappa shape index (κ2) is 7.38. The second-order valence-electron chi connectivity index (χ2n) is 7.58. The molecule has 3 aromatic carbocycles. The third-order valence-electron chi connectivity index (χ3n) is 5.77. The van der Waals surface area contributed by atoms with Crippen molar-refractivity contribution in [1.82, 2.24) is 9.88 Å². The molecule has 5 nitrogen and oxygen atoms in total. The normalized spacial score (nSPS) is 13.5. The lowest BCUT2D eigenvalue weighted by molar-refractivity contribution is 0.0880. The number of nitrogens with zero attached hydrogens (tertiary/aromatic N) is 1. The fraction of sp³-hybridized carbons (Fsp3) is 0.120. The van der Waals surface area contributed by atoms with Crippen LogP contribution < -0.4 is 5.32 Å². The van der Waals surface area contributed by atoms with Crippen molar-refractivity contribution in [3.8, 4) is 11.1 Å². The van der Waals surface area contributed by atoms with Crippen LogP contribution in [0.2, 0.25) is 5.02 Å². The molecule has 0 fully saturated rings. The molecule has 5 rings (SSSR count). The van der Waals surface area contributed by atoms with Crippen molar-refractivity contribution in [3.63, 3.8) is 0 Å². The van der Waals surface area contributed by atoms with Gasteiger partial charge in [-0.1, -0.05) is 54.1 Å². The van der Waals surface area contributed by atoms with Gasteiger partial charge in [-0.25, -0.2) is 0 Å². The molecular formula is C25H19ClN2O3. The number of aryl methyl sites for hydroxylation is 1. The Hall–Kier alpha value is -3.41. The van der Waals surface area contributed by atoms with E-state index in [1.54, 1.807) is 6.07 Å². The van der Waals surface area contributed by atoms with Gasteiger partial charge in [-0.15, -0.1) is 0 Å². The molecule has 0 saturated heterocycles. The fourth-order valence-electron chi connectivity index (χ4n) is 4.35. The van der Waals surface area contributed by atoms with Crippen molar-refractivity contribution in [3.05, 3.63) is 76.3 Å². The molecule has 1 aliphatic heterocycles. The second-order valence-corrected chi connectivity index (χ2v) is 7.99. The summed E-state index contributed by atoms with van der Waals surface area (Å²) >= 11 is 6.45. The van der Waals surface area contributed by atoms with Crippen molar-refractivity contribution in [2.24, 2.45) is 7.05 Å². The zero-order valence-corrected chi connectivity index (χ0v) is 17.5. The van der Waals surface area contributed by atoms with Crippen LogP contribution in [-0.2, 0) is 7.05 Å². The van der Waals surface area contributed by atoms with Crippen LogP contribution in [0, 0.1) is 0 Å². The van der Waals surface area contributed by atoms with Crippen LogP contribution in [0.25, 0.3) is 39.0 Å². The van der Waals surface area contributed by atoms with Gasteiger partial charge in [0.15, 0.2) is 0 Å². The van der Waals surface area contributed by atoms with Gasteiger partial charge in [0.2, 0.25) is 0 Å². The van der Waals surface area contributed by atoms with Crippen LogP contribution >= 0.6 is 11.6 Å². The molecule has 1 aromatic heterocycles. The van der Waals surface area contributed by atoms with E-state index in [1.807, 2.05) is 66.2 Å². The molecule has 4 aromatic rings. The first-order valence-corrected chi connectivity index (χ1v) is 10.4. The third-order valence-corrected chi connectivity index (χ3v) is 6.10. The Kier molecular flexibility index (Phi) is 4.65. The maximum absolute atomic E-state index is 12.8. The first-order valence-electron chi connectivity index (χ1n) is 9.98. The molecule has 2 heterocycles. The highest BCUT2D eigenvalue weighted by atomic mass is 35.5. The number of halogens is 1. The Morgan fingerprint density at radius 3 is 2.55 bits per heavy atom. The average molecular weight is 431 g/mol. The molecule has 0 atom stereocenters. The number of benzene rings is 3. The molecule has 0 bridgehead atoms. The lowest BCUT2D eigenvalue weighted by atomic mass is 9.93. The number of carbonyl (C=O) groups is 2. The predicted molar refractivity (Wildman–Crippen MR) is 123 cm³/mol. The van der Waals surface area contributed by atoms with Gasteiger partial charge in [-0.05, 0) is 35.7 Å². The molecule has 2 amide bonds. The van der Waals surface area contributed by atoms with E-state index < -0.39 is 11.8 Å². The minimum absolute atomic E-state index is 0.104. The number of imide groups is 1. The van der Waals surface area contributed by atoms with E-state index in [9.17, 15) is 9.59 Å². The average Bonchev–Trinajstić information content (AvgIpc) is 3.21. The van der Waals surface area contributed by atoms with Crippen LogP contribution in [-0.4, -0.2) is 28.1 Å². The minimum atomic E-state index is -0.405. The van der Waals surface area contributed by atoms with E-state index in [2.05, 4.69) is 5.32 Å². The van der Waals surface area contributed by atoms with Crippen LogP contribution in [0.15, 0.2) is 54.6 Å². The van der Waals surface area contributed by atoms with Gasteiger partial charge < -0.3 is 9.67 Å². The number of aliphatic hydroxyl groups excluding tert-OH is 1. The molecule has 31 heavy (non-hydrogen) atoms. The maximum atomic E-state index is 12.8. The first kappa shape index (κ1) is 19.5. The number of carbonyl (C=O) groups excluding carboxylic acids is 2. The van der Waals surface area contributed by atoms with Gasteiger partial charge in [0, 0.05) is 40.5 Å². The van der Waals surface area contributed by atoms with Crippen LogP contribution in [0.4, 0.5) is 0 Å². The highest BCUT2D eigenvalue weighted by molar-refractivity contribution is 6.36. The van der Waals surface area contributed by atoms with Crippen molar-refractivity contribution in [2.45, 2.75) is 6.42 Å². The van der Waals surface area contributed by atoms with Gasteiger partial charge in [0.25, 0.3) is 11.8 Å².